The summed E-state index contributed by atoms with van der Waals surface area (Å²) in [6.45, 7) is 12.2. The van der Waals surface area contributed by atoms with E-state index in [0.29, 0.717) is 17.0 Å². The molecule has 218 valence electrons. The first kappa shape index (κ1) is 30.7. The van der Waals surface area contributed by atoms with Crippen molar-refractivity contribution in [1.29, 1.82) is 0 Å². The molecule has 1 aliphatic carbocycles. The number of phenolic OH excluding ortho intramolecular Hbond substituents is 1. The monoisotopic (exact) mass is 576 g/mol. The van der Waals surface area contributed by atoms with Crippen molar-refractivity contribution in [2.75, 3.05) is 0 Å². The Labute approximate surface area is 244 Å². The zero-order chi connectivity index (χ0) is 29.7. The molecule has 3 aromatic rings. The fourth-order valence-corrected chi connectivity index (χ4v) is 9.68. The molecule has 3 aromatic carbocycles. The Kier molecular flexibility index (Phi) is 9.85. The molecule has 0 unspecified atom stereocenters. The maximum absolute atomic E-state index is 15.4. The highest BCUT2D eigenvalue weighted by Crippen LogP contribution is 2.45. The number of hydrogen-bond donors (Lipinski definition) is 1. The van der Waals surface area contributed by atoms with Gasteiger partial charge in [0.15, 0.2) is 11.6 Å². The fraction of sp³-hybridized carbons (Fsp3) is 0.400. The molecule has 0 aromatic heterocycles. The Hall–Kier alpha value is -3.25. The average Bonchev–Trinajstić information content (AvgIpc) is 2.97. The SMILES string of the molecule is C=C(C)C(=O)OCc1cc(-c2ccc(-c3ccc(C4CCC([Si](C)(C)CCCC)CC4)cc3)c(F)c2F)ccc1O. The van der Waals surface area contributed by atoms with Gasteiger partial charge in [0, 0.05) is 22.3 Å². The lowest BCUT2D eigenvalue weighted by atomic mass is 9.83. The highest BCUT2D eigenvalue weighted by molar-refractivity contribution is 6.78. The van der Waals surface area contributed by atoms with Crippen molar-refractivity contribution in [2.45, 2.75) is 89.6 Å². The molecule has 0 bridgehead atoms. The van der Waals surface area contributed by atoms with Crippen LogP contribution in [0, 0.1) is 11.6 Å². The second-order valence-corrected chi connectivity index (χ2v) is 17.5. The lowest BCUT2D eigenvalue weighted by Crippen LogP contribution is -2.34. The molecule has 0 saturated heterocycles. The molecule has 6 heteroatoms. The van der Waals surface area contributed by atoms with Crippen LogP contribution in [0.2, 0.25) is 24.7 Å². The average molecular weight is 577 g/mol. The van der Waals surface area contributed by atoms with Crippen LogP contribution in [0.3, 0.4) is 0 Å². The predicted molar refractivity (Wildman–Crippen MR) is 166 cm³/mol. The maximum Gasteiger partial charge on any atom is 0.333 e. The summed E-state index contributed by atoms with van der Waals surface area (Å²) in [5, 5.41) is 10.2. The van der Waals surface area contributed by atoms with Crippen molar-refractivity contribution in [3.8, 4) is 28.0 Å². The van der Waals surface area contributed by atoms with Gasteiger partial charge in [-0.3, -0.25) is 0 Å². The number of hydrogen-bond acceptors (Lipinski definition) is 3. The van der Waals surface area contributed by atoms with Crippen LogP contribution in [0.1, 0.15) is 69.4 Å². The first-order valence-corrected chi connectivity index (χ1v) is 18.0. The summed E-state index contributed by atoms with van der Waals surface area (Å²) in [5.41, 5.74) is 3.98. The van der Waals surface area contributed by atoms with Crippen molar-refractivity contribution in [1.82, 2.24) is 0 Å². The van der Waals surface area contributed by atoms with Crippen molar-refractivity contribution >= 4 is 14.0 Å². The molecule has 0 aliphatic heterocycles. The van der Waals surface area contributed by atoms with E-state index in [1.807, 2.05) is 12.1 Å². The van der Waals surface area contributed by atoms with E-state index in [0.717, 1.165) is 5.54 Å². The van der Waals surface area contributed by atoms with Crippen molar-refractivity contribution < 1.29 is 23.4 Å². The van der Waals surface area contributed by atoms with Gasteiger partial charge in [-0.15, -0.1) is 0 Å². The van der Waals surface area contributed by atoms with Crippen LogP contribution in [0.25, 0.3) is 22.3 Å². The van der Waals surface area contributed by atoms with E-state index in [1.165, 1.54) is 75.3 Å². The molecule has 1 fully saturated rings. The molecule has 1 saturated carbocycles. The topological polar surface area (TPSA) is 46.5 Å². The van der Waals surface area contributed by atoms with E-state index in [9.17, 15) is 9.90 Å². The zero-order valence-electron chi connectivity index (χ0n) is 24.7. The van der Waals surface area contributed by atoms with Gasteiger partial charge in [0.1, 0.15) is 12.4 Å². The number of rotatable bonds is 10. The zero-order valence-corrected chi connectivity index (χ0v) is 25.7. The summed E-state index contributed by atoms with van der Waals surface area (Å²) in [4.78, 5) is 11.7. The Balaban J connectivity index is 1.47. The third kappa shape index (κ3) is 7.15. The van der Waals surface area contributed by atoms with Crippen molar-refractivity contribution in [3.05, 3.63) is 89.5 Å². The third-order valence-electron chi connectivity index (χ3n) is 8.88. The molecule has 1 N–H and O–H groups in total. The Morgan fingerprint density at radius 2 is 1.54 bits per heavy atom. The van der Waals surface area contributed by atoms with Gasteiger partial charge in [-0.2, -0.15) is 0 Å². The van der Waals surface area contributed by atoms with Crippen LogP contribution in [0.5, 0.6) is 5.75 Å². The quantitative estimate of drug-likeness (QED) is 0.148. The molecule has 0 atom stereocenters. The molecule has 0 radical (unpaired) electrons. The molecular formula is C35H42F2O3Si. The lowest BCUT2D eigenvalue weighted by Gasteiger charge is -2.38. The largest absolute Gasteiger partial charge is 0.508 e. The standard InChI is InChI=1S/C35H42F2O3Si/c1-6-7-20-41(4,5)29-15-12-25(13-16-29)24-8-10-26(11-9-24)30-17-18-31(34(37)33(30)36)27-14-19-32(38)28(21-27)22-40-35(39)23(2)3/h8-11,14,17-19,21,25,29,38H,2,6-7,12-13,15-16,20,22H2,1,3-5H3. The molecule has 41 heavy (non-hydrogen) atoms. The van der Waals surface area contributed by atoms with Crippen LogP contribution in [0.15, 0.2) is 66.7 Å². The van der Waals surface area contributed by atoms with Gasteiger partial charge in [0.05, 0.1) is 8.07 Å². The van der Waals surface area contributed by atoms with Gasteiger partial charge in [-0.1, -0.05) is 101 Å². The summed E-state index contributed by atoms with van der Waals surface area (Å²) in [6.07, 6.45) is 7.62. The minimum Gasteiger partial charge on any atom is -0.508 e. The second-order valence-electron chi connectivity index (χ2n) is 12.3. The minimum absolute atomic E-state index is 0.0671. The van der Waals surface area contributed by atoms with Crippen molar-refractivity contribution in [3.63, 3.8) is 0 Å². The summed E-state index contributed by atoms with van der Waals surface area (Å²) in [6, 6.07) is 16.9. The minimum atomic E-state index is -1.18. The number of carbonyl (C=O) groups excluding carboxylic acids is 1. The van der Waals surface area contributed by atoms with Gasteiger partial charge in [0.2, 0.25) is 0 Å². The van der Waals surface area contributed by atoms with E-state index in [1.54, 1.807) is 12.1 Å². The number of phenols is 1. The van der Waals surface area contributed by atoms with Crippen LogP contribution < -0.4 is 0 Å². The van der Waals surface area contributed by atoms with Gasteiger partial charge in [-0.05, 0) is 60.0 Å². The summed E-state index contributed by atoms with van der Waals surface area (Å²) >= 11 is 0. The molecule has 4 rings (SSSR count). The summed E-state index contributed by atoms with van der Waals surface area (Å²) in [5.74, 6) is -2.05. The number of aromatic hydroxyl groups is 1. The molecule has 1 aliphatic rings. The van der Waals surface area contributed by atoms with E-state index in [-0.39, 0.29) is 34.6 Å². The van der Waals surface area contributed by atoms with Crippen LogP contribution in [0.4, 0.5) is 8.78 Å². The first-order chi connectivity index (χ1) is 19.5. The first-order valence-electron chi connectivity index (χ1n) is 14.7. The number of halogens is 2. The van der Waals surface area contributed by atoms with Crippen LogP contribution in [-0.4, -0.2) is 19.1 Å². The number of esters is 1. The van der Waals surface area contributed by atoms with Crippen molar-refractivity contribution in [2.24, 2.45) is 0 Å². The number of ether oxygens (including phenoxy) is 1. The summed E-state index contributed by atoms with van der Waals surface area (Å²) < 4.78 is 35.8. The smallest absolute Gasteiger partial charge is 0.333 e. The van der Waals surface area contributed by atoms with Gasteiger partial charge in [-0.25, -0.2) is 13.6 Å². The number of unbranched alkanes of at least 4 members (excludes halogenated alkanes) is 1. The van der Waals surface area contributed by atoms with Gasteiger partial charge in [0.25, 0.3) is 0 Å². The lowest BCUT2D eigenvalue weighted by molar-refractivity contribution is -0.140. The maximum atomic E-state index is 15.4. The Morgan fingerprint density at radius 1 is 0.951 bits per heavy atom. The predicted octanol–water partition coefficient (Wildman–Crippen LogP) is 10.2. The third-order valence-corrected chi connectivity index (χ3v) is 13.3. The highest BCUT2D eigenvalue weighted by Gasteiger charge is 2.34. The highest BCUT2D eigenvalue weighted by atomic mass is 28.3. The van der Waals surface area contributed by atoms with Crippen LogP contribution >= 0.6 is 0 Å². The Morgan fingerprint density at radius 3 is 2.12 bits per heavy atom. The van der Waals surface area contributed by atoms with E-state index < -0.39 is 25.7 Å². The van der Waals surface area contributed by atoms with Crippen LogP contribution in [-0.2, 0) is 16.1 Å². The molecule has 0 spiro atoms. The second kappa shape index (κ2) is 13.2. The fourth-order valence-electron chi connectivity index (χ4n) is 6.11. The molecule has 3 nitrogen and oxygen atoms in total. The van der Waals surface area contributed by atoms with E-state index in [4.69, 9.17) is 4.74 Å². The molecular weight excluding hydrogens is 534 g/mol. The number of benzene rings is 3. The molecule has 0 amide bonds. The van der Waals surface area contributed by atoms with E-state index in [2.05, 4.69) is 38.7 Å². The van der Waals surface area contributed by atoms with Gasteiger partial charge < -0.3 is 9.84 Å². The summed E-state index contributed by atoms with van der Waals surface area (Å²) in [7, 11) is -1.18. The number of carbonyl (C=O) groups is 1. The normalized spacial score (nSPS) is 17.3. The molecule has 0 heterocycles. The Bertz CT molecular complexity index is 1390. The van der Waals surface area contributed by atoms with Gasteiger partial charge >= 0.3 is 5.97 Å². The van der Waals surface area contributed by atoms with E-state index >= 15 is 8.78 Å².